The van der Waals surface area contributed by atoms with Gasteiger partial charge in [0.25, 0.3) is 5.69 Å². The highest BCUT2D eigenvalue weighted by atomic mass is 16.6. The van der Waals surface area contributed by atoms with Crippen molar-refractivity contribution < 1.29 is 15.1 Å². The van der Waals surface area contributed by atoms with Gasteiger partial charge in [0.2, 0.25) is 0 Å². The van der Waals surface area contributed by atoms with Gasteiger partial charge < -0.3 is 0 Å². The molecule has 0 bridgehead atoms. The molecule has 0 saturated carbocycles. The lowest BCUT2D eigenvalue weighted by atomic mass is 10.2. The Hall–Kier alpha value is -3.00. The summed E-state index contributed by atoms with van der Waals surface area (Å²) in [5, 5.41) is 29.1. The van der Waals surface area contributed by atoms with Crippen molar-refractivity contribution in [3.05, 3.63) is 74.3 Å². The summed E-state index contributed by atoms with van der Waals surface area (Å²) in [6.45, 7) is 2.08. The van der Waals surface area contributed by atoms with Gasteiger partial charge in [-0.25, -0.2) is 0 Å². The molecule has 0 atom stereocenters. The molecule has 0 heterocycles. The minimum atomic E-state index is -0.828. The Labute approximate surface area is 119 Å². The van der Waals surface area contributed by atoms with E-state index in [1.54, 1.807) is 5.48 Å². The minimum absolute atomic E-state index is 0.194. The van der Waals surface area contributed by atoms with E-state index in [0.717, 1.165) is 18.2 Å². The molecule has 0 radical (unpaired) electrons. The lowest BCUT2D eigenvalue weighted by Gasteiger charge is -1.99. The van der Waals surface area contributed by atoms with Crippen molar-refractivity contribution in [2.24, 2.45) is 0 Å². The lowest BCUT2D eigenvalue weighted by molar-refractivity contribution is -0.393. The second kappa shape index (κ2) is 7.56. The Morgan fingerprint density at radius 3 is 2.00 bits per heavy atom. The largest absolute Gasteiger partial charge is 0.301 e. The van der Waals surface area contributed by atoms with E-state index in [1.807, 2.05) is 18.2 Å². The third kappa shape index (κ3) is 4.88. The molecule has 8 nitrogen and oxygen atoms in total. The quantitative estimate of drug-likeness (QED) is 0.661. The van der Waals surface area contributed by atoms with Crippen LogP contribution < -0.4 is 5.48 Å². The highest BCUT2D eigenvalue weighted by Crippen LogP contribution is 2.28. The zero-order valence-electron chi connectivity index (χ0n) is 11.1. The minimum Gasteiger partial charge on any atom is -0.291 e. The first-order chi connectivity index (χ1) is 9.95. The molecule has 0 amide bonds. The van der Waals surface area contributed by atoms with E-state index in [2.05, 4.69) is 19.1 Å². The van der Waals surface area contributed by atoms with E-state index in [1.165, 1.54) is 5.56 Å². The third-order valence-corrected chi connectivity index (χ3v) is 2.45. The number of non-ortho nitro benzene ring substituents is 1. The Morgan fingerprint density at radius 2 is 1.62 bits per heavy atom. The number of nitrogens with one attached hydrogen (secondary N) is 1. The average Bonchev–Trinajstić information content (AvgIpc) is 2.47. The number of aryl methyl sites for hydroxylation is 1. The molecule has 8 heteroatoms. The van der Waals surface area contributed by atoms with Crippen LogP contribution in [0.4, 0.5) is 17.1 Å². The Balaban J connectivity index is 0.000000262. The molecule has 0 unspecified atom stereocenters. The van der Waals surface area contributed by atoms with E-state index in [4.69, 9.17) is 5.21 Å². The van der Waals surface area contributed by atoms with Gasteiger partial charge in [-0.1, -0.05) is 35.9 Å². The van der Waals surface area contributed by atoms with Gasteiger partial charge >= 0.3 is 5.69 Å². The second-order valence-corrected chi connectivity index (χ2v) is 3.98. The van der Waals surface area contributed by atoms with Crippen LogP contribution in [-0.2, 0) is 0 Å². The predicted octanol–water partition coefficient (Wildman–Crippen LogP) is 3.30. The first kappa shape index (κ1) is 16.1. The molecular formula is C13H13N3O5. The lowest BCUT2D eigenvalue weighted by Crippen LogP contribution is -1.98. The van der Waals surface area contributed by atoms with Gasteiger partial charge in [0, 0.05) is 6.07 Å². The molecule has 21 heavy (non-hydrogen) atoms. The molecule has 110 valence electrons. The van der Waals surface area contributed by atoms with Crippen LogP contribution in [0.3, 0.4) is 0 Å². The third-order valence-electron chi connectivity index (χ3n) is 2.45. The van der Waals surface area contributed by atoms with Crippen molar-refractivity contribution in [2.45, 2.75) is 6.92 Å². The number of hydrogen-bond acceptors (Lipinski definition) is 6. The van der Waals surface area contributed by atoms with E-state index < -0.39 is 21.2 Å². The van der Waals surface area contributed by atoms with Crippen molar-refractivity contribution in [1.29, 1.82) is 0 Å². The normalized spacial score (nSPS) is 9.24. The van der Waals surface area contributed by atoms with Gasteiger partial charge in [0.15, 0.2) is 0 Å². The van der Waals surface area contributed by atoms with Crippen molar-refractivity contribution in [3.63, 3.8) is 0 Å². The van der Waals surface area contributed by atoms with Crippen LogP contribution in [0.2, 0.25) is 0 Å². The van der Waals surface area contributed by atoms with Crippen molar-refractivity contribution in [3.8, 4) is 0 Å². The summed E-state index contributed by atoms with van der Waals surface area (Å²) >= 11 is 0. The summed E-state index contributed by atoms with van der Waals surface area (Å²) < 4.78 is 0. The molecule has 0 aliphatic carbocycles. The number of nitrogens with zero attached hydrogens (tertiary/aromatic N) is 2. The molecule has 2 aromatic carbocycles. The number of rotatable bonds is 3. The maximum absolute atomic E-state index is 10.4. The highest BCUT2D eigenvalue weighted by Gasteiger charge is 2.18. The molecule has 0 saturated heterocycles. The number of nitro benzene ring substituents is 2. The Morgan fingerprint density at radius 1 is 1.00 bits per heavy atom. The van der Waals surface area contributed by atoms with Crippen LogP contribution in [-0.4, -0.2) is 15.1 Å². The maximum Gasteiger partial charge on any atom is 0.301 e. The topological polar surface area (TPSA) is 119 Å². The molecule has 2 rings (SSSR count). The SMILES string of the molecule is Cc1ccccc1.O=[N+]([O-])c1ccc(NO)c([N+](=O)[O-])c1. The fourth-order valence-corrected chi connectivity index (χ4v) is 1.41. The van der Waals surface area contributed by atoms with Crippen LogP contribution in [0.25, 0.3) is 0 Å². The Kier molecular flexibility index (Phi) is 5.78. The van der Waals surface area contributed by atoms with Gasteiger partial charge in [-0.2, -0.15) is 0 Å². The molecule has 2 N–H and O–H groups in total. The molecule has 0 fully saturated rings. The smallest absolute Gasteiger partial charge is 0.291 e. The number of benzene rings is 2. The summed E-state index contributed by atoms with van der Waals surface area (Å²) in [5.41, 5.74) is 1.75. The van der Waals surface area contributed by atoms with Crippen LogP contribution in [0.1, 0.15) is 5.56 Å². The number of anilines is 1. The molecular weight excluding hydrogens is 278 g/mol. The van der Waals surface area contributed by atoms with Crippen LogP contribution >= 0.6 is 0 Å². The monoisotopic (exact) mass is 291 g/mol. The second-order valence-electron chi connectivity index (χ2n) is 3.98. The van der Waals surface area contributed by atoms with Gasteiger partial charge in [0.05, 0.1) is 15.9 Å². The van der Waals surface area contributed by atoms with Crippen LogP contribution in [0.5, 0.6) is 0 Å². The van der Waals surface area contributed by atoms with Crippen molar-refractivity contribution in [1.82, 2.24) is 0 Å². The molecule has 0 spiro atoms. The fourth-order valence-electron chi connectivity index (χ4n) is 1.41. The van der Waals surface area contributed by atoms with E-state index in [9.17, 15) is 20.2 Å². The van der Waals surface area contributed by atoms with Crippen LogP contribution in [0, 0.1) is 27.2 Å². The number of nitro groups is 2. The van der Waals surface area contributed by atoms with Gasteiger partial charge in [-0.05, 0) is 13.0 Å². The molecule has 2 aromatic rings. The van der Waals surface area contributed by atoms with Crippen molar-refractivity contribution >= 4 is 17.1 Å². The molecule has 0 aliphatic heterocycles. The van der Waals surface area contributed by atoms with Gasteiger partial charge in [-0.15, -0.1) is 0 Å². The summed E-state index contributed by atoms with van der Waals surface area (Å²) in [6, 6.07) is 13.1. The van der Waals surface area contributed by atoms with Crippen molar-refractivity contribution in [2.75, 3.05) is 5.48 Å². The average molecular weight is 291 g/mol. The zero-order chi connectivity index (χ0) is 15.8. The first-order valence-corrected chi connectivity index (χ1v) is 5.80. The van der Waals surface area contributed by atoms with Gasteiger partial charge in [0.1, 0.15) is 5.69 Å². The standard InChI is InChI=1S/C7H8.C6H5N3O5/c1-7-5-3-2-4-6-7;10-7-5-2-1-4(8(11)12)3-6(5)9(13)14/h2-6H,1H3;1-3,7,10H. The molecule has 0 aromatic heterocycles. The summed E-state index contributed by atoms with van der Waals surface area (Å²) in [6.07, 6.45) is 0. The zero-order valence-corrected chi connectivity index (χ0v) is 11.1. The first-order valence-electron chi connectivity index (χ1n) is 5.80. The van der Waals surface area contributed by atoms with Crippen LogP contribution in [0.15, 0.2) is 48.5 Å². The summed E-state index contributed by atoms with van der Waals surface area (Å²) in [5.74, 6) is 0. The van der Waals surface area contributed by atoms with E-state index in [0.29, 0.717) is 0 Å². The number of hydrogen-bond donors (Lipinski definition) is 2. The van der Waals surface area contributed by atoms with Gasteiger partial charge in [-0.3, -0.25) is 30.9 Å². The summed E-state index contributed by atoms with van der Waals surface area (Å²) in [7, 11) is 0. The summed E-state index contributed by atoms with van der Waals surface area (Å²) in [4.78, 5) is 19.1. The fraction of sp³-hybridized carbons (Fsp3) is 0.0769. The Bertz CT molecular complexity index is 631. The van der Waals surface area contributed by atoms with E-state index >= 15 is 0 Å². The maximum atomic E-state index is 10.4. The van der Waals surface area contributed by atoms with E-state index in [-0.39, 0.29) is 5.69 Å². The predicted molar refractivity (Wildman–Crippen MR) is 76.3 cm³/mol. The molecule has 0 aliphatic rings. The highest BCUT2D eigenvalue weighted by molar-refractivity contribution is 5.64.